The number of aliphatic carboxylic acids is 1. The maximum Gasteiger partial charge on any atom is 0.325 e. The van der Waals surface area contributed by atoms with Gasteiger partial charge in [0.2, 0.25) is 0 Å². The molecule has 2 N–H and O–H groups in total. The summed E-state index contributed by atoms with van der Waals surface area (Å²) in [5.41, 5.74) is 3.71. The lowest BCUT2D eigenvalue weighted by molar-refractivity contribution is -0.143. The average Bonchev–Trinajstić information content (AvgIpc) is 3.37. The van der Waals surface area contributed by atoms with E-state index in [-0.39, 0.29) is 12.2 Å². The van der Waals surface area contributed by atoms with Gasteiger partial charge in [-0.3, -0.25) is 9.69 Å². The van der Waals surface area contributed by atoms with Crippen molar-refractivity contribution in [1.82, 2.24) is 9.88 Å². The van der Waals surface area contributed by atoms with Crippen molar-refractivity contribution in [1.29, 1.82) is 0 Å². The number of pyridine rings is 1. The quantitative estimate of drug-likeness (QED) is 0.399. The first-order valence-corrected chi connectivity index (χ1v) is 14.2. The number of carbonyl (C=O) groups is 1. The Labute approximate surface area is 224 Å². The van der Waals surface area contributed by atoms with Crippen molar-refractivity contribution >= 4 is 11.8 Å². The number of aryl methyl sites for hydroxylation is 2. The van der Waals surface area contributed by atoms with Gasteiger partial charge in [0.15, 0.2) is 0 Å². The van der Waals surface area contributed by atoms with Gasteiger partial charge in [0, 0.05) is 38.0 Å². The molecule has 1 aromatic heterocycles. The Hall–Kier alpha value is -2.55. The molecule has 5 rings (SSSR count). The molecule has 4 atom stereocenters. The van der Waals surface area contributed by atoms with Gasteiger partial charge in [-0.1, -0.05) is 12.1 Å². The van der Waals surface area contributed by atoms with Crippen molar-refractivity contribution in [2.24, 2.45) is 0 Å². The molecule has 8 heteroatoms. The fourth-order valence-electron chi connectivity index (χ4n) is 6.00. The number of aromatic nitrogens is 1. The maximum atomic E-state index is 14.3. The van der Waals surface area contributed by atoms with Crippen molar-refractivity contribution in [3.8, 4) is 0 Å². The number of rotatable bonds is 10. The van der Waals surface area contributed by atoms with E-state index in [1.807, 2.05) is 4.90 Å². The number of carboxylic acid groups (broad SMARTS) is 1. The summed E-state index contributed by atoms with van der Waals surface area (Å²) in [4.78, 5) is 19.2. The molecule has 0 unspecified atom stereocenters. The number of benzene rings is 1. The predicted molar refractivity (Wildman–Crippen MR) is 144 cm³/mol. The molecule has 7 nitrogen and oxygen atoms in total. The van der Waals surface area contributed by atoms with E-state index in [0.717, 1.165) is 74.9 Å². The lowest BCUT2D eigenvalue weighted by Gasteiger charge is -2.30. The van der Waals surface area contributed by atoms with Crippen LogP contribution in [0.5, 0.6) is 0 Å². The van der Waals surface area contributed by atoms with Crippen molar-refractivity contribution in [2.75, 3.05) is 31.6 Å². The summed E-state index contributed by atoms with van der Waals surface area (Å²) in [7, 11) is 0. The van der Waals surface area contributed by atoms with Crippen LogP contribution in [0.2, 0.25) is 0 Å². The Morgan fingerprint density at radius 2 is 2.13 bits per heavy atom. The Kier molecular flexibility index (Phi) is 8.92. The molecule has 2 fully saturated rings. The molecule has 2 saturated heterocycles. The first-order chi connectivity index (χ1) is 18.5. The zero-order valence-electron chi connectivity index (χ0n) is 22.3. The molecule has 4 heterocycles. The third-order valence-corrected chi connectivity index (χ3v) is 8.09. The second kappa shape index (κ2) is 12.5. The number of carboxylic acids is 1. The van der Waals surface area contributed by atoms with Crippen molar-refractivity contribution in [3.63, 3.8) is 0 Å². The van der Waals surface area contributed by atoms with E-state index in [0.29, 0.717) is 37.9 Å². The number of unbranched alkanes of at least 4 members (excludes halogenated alkanes) is 1. The number of fused-ring (bicyclic) bond motifs is 1. The lowest BCUT2D eigenvalue weighted by atomic mass is 9.92. The highest BCUT2D eigenvalue weighted by atomic mass is 19.1. The second-order valence-electron chi connectivity index (χ2n) is 11.0. The summed E-state index contributed by atoms with van der Waals surface area (Å²) in [6.07, 6.45) is 8.48. The molecular weight excluding hydrogens is 485 g/mol. The molecule has 38 heavy (non-hydrogen) atoms. The molecular formula is C30H40FN3O4. The molecule has 3 aliphatic heterocycles. The largest absolute Gasteiger partial charge is 0.480 e. The normalized spacial score (nSPS) is 24.5. The molecule has 206 valence electrons. The average molecular weight is 526 g/mol. The molecule has 0 radical (unpaired) electrons. The highest BCUT2D eigenvalue weighted by Crippen LogP contribution is 2.36. The fourth-order valence-corrected chi connectivity index (χ4v) is 6.00. The van der Waals surface area contributed by atoms with E-state index < -0.39 is 17.8 Å². The molecule has 2 aromatic rings. The van der Waals surface area contributed by atoms with Gasteiger partial charge in [0.05, 0.1) is 12.2 Å². The number of likely N-dealkylation sites (tertiary alicyclic amines) is 1. The van der Waals surface area contributed by atoms with Gasteiger partial charge in [-0.2, -0.15) is 0 Å². The van der Waals surface area contributed by atoms with Crippen LogP contribution in [0.25, 0.3) is 0 Å². The minimum Gasteiger partial charge on any atom is -0.480 e. The van der Waals surface area contributed by atoms with Gasteiger partial charge >= 0.3 is 5.97 Å². The summed E-state index contributed by atoms with van der Waals surface area (Å²) in [6.45, 7) is 4.61. The Balaban J connectivity index is 1.13. The number of anilines is 1. The highest BCUT2D eigenvalue weighted by Gasteiger charge is 2.36. The van der Waals surface area contributed by atoms with Gasteiger partial charge in [-0.15, -0.1) is 0 Å². The van der Waals surface area contributed by atoms with E-state index in [4.69, 9.17) is 14.5 Å². The second-order valence-corrected chi connectivity index (χ2v) is 11.0. The maximum absolute atomic E-state index is 14.3. The number of nitrogens with zero attached hydrogens (tertiary/aromatic N) is 2. The predicted octanol–water partition coefficient (Wildman–Crippen LogP) is 5.45. The monoisotopic (exact) mass is 525 g/mol. The van der Waals surface area contributed by atoms with Gasteiger partial charge < -0.3 is 19.9 Å². The Morgan fingerprint density at radius 3 is 2.95 bits per heavy atom. The number of hydrogen-bond acceptors (Lipinski definition) is 6. The fraction of sp³-hybridized carbons (Fsp3) is 0.600. The van der Waals surface area contributed by atoms with Crippen LogP contribution in [0.15, 0.2) is 30.3 Å². The zero-order chi connectivity index (χ0) is 26.5. The molecule has 1 aromatic carbocycles. The number of nitrogens with one attached hydrogen (secondary N) is 1. The van der Waals surface area contributed by atoms with Crippen LogP contribution in [0.3, 0.4) is 0 Å². The topological polar surface area (TPSA) is 83.9 Å². The summed E-state index contributed by atoms with van der Waals surface area (Å²) in [5.74, 6) is -0.348. The lowest BCUT2D eigenvalue weighted by Crippen LogP contribution is -2.34. The zero-order valence-corrected chi connectivity index (χ0v) is 22.3. The van der Waals surface area contributed by atoms with Crippen LogP contribution in [0.4, 0.5) is 10.2 Å². The van der Waals surface area contributed by atoms with Gasteiger partial charge in [0.1, 0.15) is 17.7 Å². The summed E-state index contributed by atoms with van der Waals surface area (Å²) >= 11 is 0. The van der Waals surface area contributed by atoms with Gasteiger partial charge in [-0.25, -0.2) is 9.37 Å². The summed E-state index contributed by atoms with van der Waals surface area (Å²) in [6, 6.07) is 8.38. The first kappa shape index (κ1) is 27.0. The Bertz CT molecular complexity index is 1110. The van der Waals surface area contributed by atoms with Crippen molar-refractivity contribution in [3.05, 3.63) is 58.5 Å². The van der Waals surface area contributed by atoms with E-state index in [9.17, 15) is 14.3 Å². The van der Waals surface area contributed by atoms with Crippen LogP contribution in [-0.4, -0.2) is 59.4 Å². The van der Waals surface area contributed by atoms with Crippen molar-refractivity contribution in [2.45, 2.75) is 89.0 Å². The van der Waals surface area contributed by atoms with Crippen LogP contribution in [-0.2, 0) is 27.1 Å². The van der Waals surface area contributed by atoms with E-state index in [1.54, 1.807) is 6.07 Å². The number of ether oxygens (including phenoxy) is 2. The molecule has 0 amide bonds. The molecule has 0 aliphatic carbocycles. The third kappa shape index (κ3) is 6.53. The third-order valence-electron chi connectivity index (χ3n) is 8.09. The molecule has 0 saturated carbocycles. The van der Waals surface area contributed by atoms with Crippen molar-refractivity contribution < 1.29 is 23.8 Å². The standard InChI is InChI=1S/C30H40FN3O4/c1-20-8-9-21-10-12-23(33-29(21)32-20)6-2-4-16-37-24-14-15-34(19-24)28(30(35)36)26-18-22(31)11-13-25(26)27-7-3-5-17-38-27/h10-13,18,20,24,27-28H,2-9,14-17,19H2,1H3,(H,32,33)(H,35,36)/t20-,24+,27-,28-/m0/s1. The molecule has 3 aliphatic rings. The van der Waals surface area contributed by atoms with E-state index >= 15 is 0 Å². The van der Waals surface area contributed by atoms with Gasteiger partial charge in [-0.05, 0) is 99.6 Å². The number of hydrogen-bond donors (Lipinski definition) is 2. The van der Waals surface area contributed by atoms with Crippen LogP contribution in [0, 0.1) is 5.82 Å². The molecule has 0 bridgehead atoms. The van der Waals surface area contributed by atoms with Gasteiger partial charge in [0.25, 0.3) is 0 Å². The van der Waals surface area contributed by atoms with Crippen LogP contribution < -0.4 is 5.32 Å². The number of halogens is 1. The Morgan fingerprint density at radius 1 is 1.24 bits per heavy atom. The smallest absolute Gasteiger partial charge is 0.325 e. The van der Waals surface area contributed by atoms with Crippen LogP contribution in [0.1, 0.15) is 86.4 Å². The van der Waals surface area contributed by atoms with Crippen LogP contribution >= 0.6 is 0 Å². The highest BCUT2D eigenvalue weighted by molar-refractivity contribution is 5.76. The minimum atomic E-state index is -0.963. The van der Waals surface area contributed by atoms with E-state index in [2.05, 4.69) is 24.4 Å². The minimum absolute atomic E-state index is 0.0210. The summed E-state index contributed by atoms with van der Waals surface area (Å²) in [5, 5.41) is 13.7. The molecule has 0 spiro atoms. The SMILES string of the molecule is C[C@H]1CCc2ccc(CCCCO[C@@H]3CCN([C@H](C(=O)O)c4cc(F)ccc4[C@@H]4CCCCO4)C3)nc2N1. The first-order valence-electron chi connectivity index (χ1n) is 14.2. The summed E-state index contributed by atoms with van der Waals surface area (Å²) < 4.78 is 26.4. The van der Waals surface area contributed by atoms with E-state index in [1.165, 1.54) is 17.7 Å².